The normalized spacial score (nSPS) is 10.7. The van der Waals surface area contributed by atoms with E-state index in [9.17, 15) is 9.59 Å². The standard InChI is InChI=1S/C20H21N3O3S/c1-14-6-5-7-15(10-14)21-19(24)12-26-20(25)11-23-17-9-4-3-8-16(17)22-18(23)13-27-2/h3-10H,11-13H2,1-2H3,(H,21,24). The maximum Gasteiger partial charge on any atom is 0.326 e. The lowest BCUT2D eigenvalue weighted by atomic mass is 10.2. The molecule has 0 aliphatic heterocycles. The zero-order chi connectivity index (χ0) is 19.2. The Bertz CT molecular complexity index is 968. The van der Waals surface area contributed by atoms with Crippen LogP contribution in [0, 0.1) is 6.92 Å². The van der Waals surface area contributed by atoms with Gasteiger partial charge in [0.2, 0.25) is 0 Å². The second-order valence-electron chi connectivity index (χ2n) is 6.11. The summed E-state index contributed by atoms with van der Waals surface area (Å²) in [4.78, 5) is 28.8. The number of benzene rings is 2. The van der Waals surface area contributed by atoms with Gasteiger partial charge in [-0.3, -0.25) is 9.59 Å². The number of aromatic nitrogens is 2. The number of amides is 1. The van der Waals surface area contributed by atoms with Crippen LogP contribution in [0.1, 0.15) is 11.4 Å². The fourth-order valence-corrected chi connectivity index (χ4v) is 3.26. The van der Waals surface area contributed by atoms with E-state index < -0.39 is 5.97 Å². The van der Waals surface area contributed by atoms with Crippen LogP contribution >= 0.6 is 11.8 Å². The molecule has 1 heterocycles. The van der Waals surface area contributed by atoms with Crippen LogP contribution in [-0.4, -0.2) is 34.3 Å². The Morgan fingerprint density at radius 1 is 1.19 bits per heavy atom. The molecule has 0 aliphatic carbocycles. The molecule has 0 atom stereocenters. The number of esters is 1. The highest BCUT2D eigenvalue weighted by Gasteiger charge is 2.15. The first-order chi connectivity index (χ1) is 13.1. The topological polar surface area (TPSA) is 73.2 Å². The first-order valence-electron chi connectivity index (χ1n) is 8.52. The molecule has 0 radical (unpaired) electrons. The summed E-state index contributed by atoms with van der Waals surface area (Å²) in [5, 5.41) is 2.72. The molecular formula is C20H21N3O3S. The van der Waals surface area contributed by atoms with E-state index >= 15 is 0 Å². The Morgan fingerprint density at radius 2 is 2.00 bits per heavy atom. The number of carbonyl (C=O) groups is 2. The number of thioether (sulfide) groups is 1. The summed E-state index contributed by atoms with van der Waals surface area (Å²) in [6, 6.07) is 15.1. The van der Waals surface area contributed by atoms with Gasteiger partial charge in [-0.15, -0.1) is 0 Å². The zero-order valence-corrected chi connectivity index (χ0v) is 16.1. The highest BCUT2D eigenvalue weighted by Crippen LogP contribution is 2.19. The predicted octanol–water partition coefficient (Wildman–Crippen LogP) is 3.39. The first kappa shape index (κ1) is 19.0. The van der Waals surface area contributed by atoms with E-state index in [0.29, 0.717) is 11.4 Å². The van der Waals surface area contributed by atoms with Crippen LogP contribution in [0.25, 0.3) is 11.0 Å². The van der Waals surface area contributed by atoms with E-state index in [1.54, 1.807) is 17.8 Å². The van der Waals surface area contributed by atoms with Gasteiger partial charge < -0.3 is 14.6 Å². The van der Waals surface area contributed by atoms with Gasteiger partial charge in [-0.05, 0) is 43.0 Å². The molecule has 0 unspecified atom stereocenters. The molecule has 0 saturated heterocycles. The molecule has 0 bridgehead atoms. The number of nitrogens with one attached hydrogen (secondary N) is 1. The average molecular weight is 383 g/mol. The lowest BCUT2D eigenvalue weighted by molar-refractivity contribution is -0.147. The summed E-state index contributed by atoms with van der Waals surface area (Å²) >= 11 is 1.63. The van der Waals surface area contributed by atoms with E-state index in [4.69, 9.17) is 4.74 Å². The summed E-state index contributed by atoms with van der Waals surface area (Å²) < 4.78 is 7.00. The number of carbonyl (C=O) groups excluding carboxylic acids is 2. The van der Waals surface area contributed by atoms with Crippen molar-refractivity contribution in [2.45, 2.75) is 19.2 Å². The van der Waals surface area contributed by atoms with Crippen molar-refractivity contribution in [3.63, 3.8) is 0 Å². The van der Waals surface area contributed by atoms with Gasteiger partial charge in [-0.2, -0.15) is 11.8 Å². The highest BCUT2D eigenvalue weighted by molar-refractivity contribution is 7.97. The van der Waals surface area contributed by atoms with Gasteiger partial charge in [0.15, 0.2) is 6.61 Å². The van der Waals surface area contributed by atoms with Crippen LogP contribution in [-0.2, 0) is 26.6 Å². The number of nitrogens with zero attached hydrogens (tertiary/aromatic N) is 2. The van der Waals surface area contributed by atoms with Crippen molar-refractivity contribution < 1.29 is 14.3 Å². The number of para-hydroxylation sites is 2. The van der Waals surface area contributed by atoms with E-state index in [1.807, 2.05) is 60.2 Å². The lowest BCUT2D eigenvalue weighted by Crippen LogP contribution is -2.23. The van der Waals surface area contributed by atoms with Gasteiger partial charge >= 0.3 is 5.97 Å². The Hall–Kier alpha value is -2.80. The van der Waals surface area contributed by atoms with Crippen molar-refractivity contribution in [2.24, 2.45) is 0 Å². The summed E-state index contributed by atoms with van der Waals surface area (Å²) in [5.41, 5.74) is 3.44. The van der Waals surface area contributed by atoms with E-state index in [1.165, 1.54) is 0 Å². The number of imidazole rings is 1. The van der Waals surface area contributed by atoms with Crippen molar-refractivity contribution in [3.05, 3.63) is 59.9 Å². The number of ether oxygens (including phenoxy) is 1. The average Bonchev–Trinajstić information content (AvgIpc) is 2.98. The third kappa shape index (κ3) is 4.89. The summed E-state index contributed by atoms with van der Waals surface area (Å²) in [7, 11) is 0. The van der Waals surface area contributed by atoms with Crippen molar-refractivity contribution in [3.8, 4) is 0 Å². The maximum absolute atomic E-state index is 12.3. The number of hydrogen-bond acceptors (Lipinski definition) is 5. The van der Waals surface area contributed by atoms with E-state index in [0.717, 1.165) is 22.4 Å². The SMILES string of the molecule is CSCc1nc2ccccc2n1CC(=O)OCC(=O)Nc1cccc(C)c1. The van der Waals surface area contributed by atoms with Crippen molar-refractivity contribution in [2.75, 3.05) is 18.2 Å². The summed E-state index contributed by atoms with van der Waals surface area (Å²) in [6.07, 6.45) is 1.98. The molecule has 0 aliphatic rings. The number of fused-ring (bicyclic) bond motifs is 1. The van der Waals surface area contributed by atoms with Crippen LogP contribution in [0.2, 0.25) is 0 Å². The molecule has 2 aromatic carbocycles. The number of hydrogen-bond donors (Lipinski definition) is 1. The van der Waals surface area contributed by atoms with Crippen LogP contribution in [0.3, 0.4) is 0 Å². The third-order valence-electron chi connectivity index (χ3n) is 3.96. The molecule has 27 heavy (non-hydrogen) atoms. The number of rotatable bonds is 7. The zero-order valence-electron chi connectivity index (χ0n) is 15.3. The second kappa shape index (κ2) is 8.73. The van der Waals surface area contributed by atoms with Crippen molar-refractivity contribution in [1.29, 1.82) is 0 Å². The van der Waals surface area contributed by atoms with Gasteiger partial charge in [0.05, 0.1) is 16.8 Å². The Balaban J connectivity index is 1.61. The molecule has 0 saturated carbocycles. The highest BCUT2D eigenvalue weighted by atomic mass is 32.2. The molecule has 7 heteroatoms. The fraction of sp³-hybridized carbons (Fsp3) is 0.250. The smallest absolute Gasteiger partial charge is 0.326 e. The fourth-order valence-electron chi connectivity index (χ4n) is 2.78. The largest absolute Gasteiger partial charge is 0.454 e. The molecule has 0 fully saturated rings. The van der Waals surface area contributed by atoms with Gasteiger partial charge in [0.25, 0.3) is 5.91 Å². The Morgan fingerprint density at radius 3 is 2.78 bits per heavy atom. The Labute approximate surface area is 161 Å². The molecule has 1 aromatic heterocycles. The Kier molecular flexibility index (Phi) is 6.13. The second-order valence-corrected chi connectivity index (χ2v) is 6.98. The van der Waals surface area contributed by atoms with E-state index in [2.05, 4.69) is 10.3 Å². The molecule has 0 spiro atoms. The van der Waals surface area contributed by atoms with Gasteiger partial charge in [0, 0.05) is 5.69 Å². The molecular weight excluding hydrogens is 362 g/mol. The van der Waals surface area contributed by atoms with Crippen LogP contribution in [0.15, 0.2) is 48.5 Å². The van der Waals surface area contributed by atoms with Gasteiger partial charge in [-0.1, -0.05) is 24.3 Å². The van der Waals surface area contributed by atoms with Crippen molar-refractivity contribution in [1.82, 2.24) is 9.55 Å². The minimum atomic E-state index is -0.472. The van der Waals surface area contributed by atoms with Gasteiger partial charge in [0.1, 0.15) is 12.4 Å². The maximum atomic E-state index is 12.3. The third-order valence-corrected chi connectivity index (χ3v) is 4.51. The molecule has 1 amide bonds. The van der Waals surface area contributed by atoms with Crippen molar-refractivity contribution >= 4 is 40.4 Å². The van der Waals surface area contributed by atoms with Crippen LogP contribution in [0.4, 0.5) is 5.69 Å². The predicted molar refractivity (Wildman–Crippen MR) is 108 cm³/mol. The lowest BCUT2D eigenvalue weighted by Gasteiger charge is -2.10. The number of anilines is 1. The van der Waals surface area contributed by atoms with Crippen LogP contribution in [0.5, 0.6) is 0 Å². The van der Waals surface area contributed by atoms with E-state index in [-0.39, 0.29) is 19.1 Å². The summed E-state index contributed by atoms with van der Waals surface area (Å²) in [6.45, 7) is 1.64. The molecule has 3 aromatic rings. The van der Waals surface area contributed by atoms with Gasteiger partial charge in [-0.25, -0.2) is 4.98 Å². The monoisotopic (exact) mass is 383 g/mol. The number of aryl methyl sites for hydroxylation is 1. The molecule has 1 N–H and O–H groups in total. The first-order valence-corrected chi connectivity index (χ1v) is 9.91. The quantitative estimate of drug-likeness (QED) is 0.633. The molecule has 3 rings (SSSR count). The van der Waals surface area contributed by atoms with Crippen LogP contribution < -0.4 is 5.32 Å². The minimum absolute atomic E-state index is 0.0220. The molecule has 6 nitrogen and oxygen atoms in total. The molecule has 140 valence electrons. The summed E-state index contributed by atoms with van der Waals surface area (Å²) in [5.74, 6) is 0.661. The minimum Gasteiger partial charge on any atom is -0.454 e.